The van der Waals surface area contributed by atoms with E-state index in [0.29, 0.717) is 0 Å². The molecule has 2 aromatic rings. The minimum absolute atomic E-state index is 0.0438. The number of carbonyl (C=O) groups is 2. The fourth-order valence-corrected chi connectivity index (χ4v) is 5.23. The molecule has 2 aliphatic rings. The first-order chi connectivity index (χ1) is 16.5. The number of piperidine rings is 1. The van der Waals surface area contributed by atoms with E-state index in [1.807, 2.05) is 0 Å². The van der Waals surface area contributed by atoms with Crippen LogP contribution in [0.3, 0.4) is 0 Å². The summed E-state index contributed by atoms with van der Waals surface area (Å²) >= 11 is 6.01. The van der Waals surface area contributed by atoms with E-state index < -0.39 is 47.1 Å². The van der Waals surface area contributed by atoms with Gasteiger partial charge in [0.15, 0.2) is 0 Å². The van der Waals surface area contributed by atoms with Gasteiger partial charge in [-0.3, -0.25) is 10.1 Å². The Kier molecular flexibility index (Phi) is 6.41. The molecule has 0 aliphatic carbocycles. The molecule has 0 unspecified atom stereocenters. The van der Waals surface area contributed by atoms with E-state index in [-0.39, 0.29) is 28.5 Å². The minimum Gasteiger partial charge on any atom is -0.466 e. The van der Waals surface area contributed by atoms with Crippen LogP contribution in [0, 0.1) is 11.3 Å². The van der Waals surface area contributed by atoms with Crippen LogP contribution in [0.15, 0.2) is 59.8 Å². The van der Waals surface area contributed by atoms with Gasteiger partial charge in [0.1, 0.15) is 11.3 Å². The zero-order valence-corrected chi connectivity index (χ0v) is 19.4. The van der Waals surface area contributed by atoms with Gasteiger partial charge in [-0.2, -0.15) is 13.2 Å². The van der Waals surface area contributed by atoms with Crippen molar-refractivity contribution in [2.75, 3.05) is 6.61 Å². The van der Waals surface area contributed by atoms with Gasteiger partial charge >= 0.3 is 18.1 Å². The second-order valence-corrected chi connectivity index (χ2v) is 8.87. The number of aliphatic hydroxyl groups is 1. The number of esters is 1. The van der Waals surface area contributed by atoms with Gasteiger partial charge in [-0.25, -0.2) is 4.79 Å². The average molecular weight is 511 g/mol. The molecule has 2 aromatic carbocycles. The van der Waals surface area contributed by atoms with E-state index in [1.54, 1.807) is 18.2 Å². The lowest BCUT2D eigenvalue weighted by atomic mass is 9.54. The lowest BCUT2D eigenvalue weighted by molar-refractivity contribution is -0.311. The Labute approximate surface area is 203 Å². The largest absolute Gasteiger partial charge is 0.466 e. The lowest BCUT2D eigenvalue weighted by Gasteiger charge is -2.55. The van der Waals surface area contributed by atoms with Crippen molar-refractivity contribution in [3.63, 3.8) is 0 Å². The second kappa shape index (κ2) is 8.92. The van der Waals surface area contributed by atoms with Crippen LogP contribution >= 0.6 is 11.6 Å². The molecule has 1 saturated heterocycles. The highest BCUT2D eigenvalue weighted by Gasteiger charge is 2.76. The summed E-state index contributed by atoms with van der Waals surface area (Å²) in [5, 5.41) is 17.5. The van der Waals surface area contributed by atoms with E-state index in [2.05, 4.69) is 10.5 Å². The van der Waals surface area contributed by atoms with Gasteiger partial charge in [0.25, 0.3) is 0 Å². The molecule has 4 rings (SSSR count). The maximum atomic E-state index is 14.6. The molecule has 2 heterocycles. The quantitative estimate of drug-likeness (QED) is 0.474. The molecule has 2 aliphatic heterocycles. The molecular formula is C24H22ClF3N2O5. The number of alkyl halides is 3. The molecule has 0 bridgehead atoms. The number of benzene rings is 2. The third kappa shape index (κ3) is 3.80. The molecule has 5 atom stereocenters. The molecular weight excluding hydrogens is 489 g/mol. The van der Waals surface area contributed by atoms with Crippen LogP contribution in [0.2, 0.25) is 5.02 Å². The van der Waals surface area contributed by atoms with Crippen molar-refractivity contribution in [2.45, 2.75) is 37.7 Å². The topological polar surface area (TPSA) is 97.2 Å². The third-order valence-electron chi connectivity index (χ3n) is 6.63. The van der Waals surface area contributed by atoms with Crippen molar-refractivity contribution in [3.8, 4) is 0 Å². The summed E-state index contributed by atoms with van der Waals surface area (Å²) in [6, 6.07) is 12.0. The van der Waals surface area contributed by atoms with Gasteiger partial charge in [-0.15, -0.1) is 0 Å². The number of carbonyl (C=O) groups excluding carboxylic acids is 2. The summed E-state index contributed by atoms with van der Waals surface area (Å²) in [5.41, 5.74) is -5.25. The van der Waals surface area contributed by atoms with E-state index in [4.69, 9.17) is 21.2 Å². The highest BCUT2D eigenvalue weighted by Crippen LogP contribution is 2.61. The molecule has 0 radical (unpaired) electrons. The summed E-state index contributed by atoms with van der Waals surface area (Å²) < 4.78 is 48.8. The number of nitrogens with zero attached hydrogens (tertiary/aromatic N) is 1. The van der Waals surface area contributed by atoms with Crippen LogP contribution in [0.4, 0.5) is 13.2 Å². The predicted octanol–water partition coefficient (Wildman–Crippen LogP) is 4.12. The van der Waals surface area contributed by atoms with Crippen LogP contribution in [0.1, 0.15) is 36.9 Å². The molecule has 7 nitrogen and oxygen atoms in total. The first kappa shape index (κ1) is 25.2. The van der Waals surface area contributed by atoms with Crippen molar-refractivity contribution in [1.29, 1.82) is 0 Å². The summed E-state index contributed by atoms with van der Waals surface area (Å²) in [7, 11) is 0. The monoisotopic (exact) mass is 510 g/mol. The molecule has 35 heavy (non-hydrogen) atoms. The summed E-state index contributed by atoms with van der Waals surface area (Å²) in [6.45, 7) is 2.62. The van der Waals surface area contributed by atoms with Gasteiger partial charge in [0.05, 0.1) is 18.4 Å². The van der Waals surface area contributed by atoms with E-state index in [9.17, 15) is 27.9 Å². The zero-order valence-electron chi connectivity index (χ0n) is 18.7. The van der Waals surface area contributed by atoms with Gasteiger partial charge < -0.3 is 14.7 Å². The number of ether oxygens (including phenoxy) is 1. The molecule has 2 N–H and O–H groups in total. The maximum Gasteiger partial charge on any atom is 0.431 e. The van der Waals surface area contributed by atoms with Gasteiger partial charge in [0, 0.05) is 10.9 Å². The van der Waals surface area contributed by atoms with Crippen LogP contribution in [-0.2, 0) is 19.2 Å². The third-order valence-corrected chi connectivity index (χ3v) is 6.88. The number of hydrogen-bond donors (Lipinski definition) is 2. The normalized spacial score (nSPS) is 30.7. The van der Waals surface area contributed by atoms with Crippen molar-refractivity contribution >= 4 is 29.3 Å². The SMILES string of the molecule is CCOC(=O)[C@H]1[C@H](c2ccc(Cl)cc2)[C@]2(C(=O)ON=C2C)[C@H](c2ccccc2)N[C@]1(O)C(F)(F)F. The van der Waals surface area contributed by atoms with Crippen LogP contribution in [-0.4, -0.2) is 41.3 Å². The fraction of sp³-hybridized carbons (Fsp3) is 0.375. The maximum absolute atomic E-state index is 14.6. The van der Waals surface area contributed by atoms with Crippen LogP contribution in [0.5, 0.6) is 0 Å². The Bertz CT molecular complexity index is 1160. The zero-order chi connectivity index (χ0) is 25.6. The Hall–Kier alpha value is -2.95. The number of halogens is 4. The Morgan fingerprint density at radius 3 is 2.31 bits per heavy atom. The first-order valence-electron chi connectivity index (χ1n) is 10.8. The number of rotatable bonds is 4. The number of hydrogen-bond acceptors (Lipinski definition) is 7. The van der Waals surface area contributed by atoms with Crippen molar-refractivity contribution in [3.05, 3.63) is 70.7 Å². The fourth-order valence-electron chi connectivity index (χ4n) is 5.11. The van der Waals surface area contributed by atoms with E-state index in [0.717, 1.165) is 0 Å². The van der Waals surface area contributed by atoms with Crippen molar-refractivity contribution in [1.82, 2.24) is 5.32 Å². The number of oxime groups is 1. The molecule has 1 fully saturated rings. The average Bonchev–Trinajstić information content (AvgIpc) is 3.10. The van der Waals surface area contributed by atoms with E-state index in [1.165, 1.54) is 50.2 Å². The van der Waals surface area contributed by atoms with Crippen molar-refractivity contribution < 1.29 is 37.4 Å². The highest BCUT2D eigenvalue weighted by atomic mass is 35.5. The molecule has 0 aromatic heterocycles. The molecule has 0 amide bonds. The van der Waals surface area contributed by atoms with Gasteiger partial charge in [0.2, 0.25) is 5.72 Å². The van der Waals surface area contributed by atoms with Crippen LogP contribution < -0.4 is 5.32 Å². The Balaban J connectivity index is 2.10. The van der Waals surface area contributed by atoms with Crippen LogP contribution in [0.25, 0.3) is 0 Å². The molecule has 0 saturated carbocycles. The second-order valence-electron chi connectivity index (χ2n) is 8.44. The molecule has 186 valence electrons. The smallest absolute Gasteiger partial charge is 0.431 e. The highest BCUT2D eigenvalue weighted by molar-refractivity contribution is 6.30. The molecule has 1 spiro atoms. The number of nitrogens with one attached hydrogen (secondary N) is 1. The minimum atomic E-state index is -5.34. The standard InChI is InChI=1S/C24H22ClF3N2O5/c1-3-34-20(31)18-17(14-9-11-16(25)12-10-14)22(13(2)30-35-21(22)32)19(15-7-5-4-6-8-15)29-23(18,33)24(26,27)28/h4-12,17-19,29,33H,3H2,1-2H3/t17-,18+,19-,22-,23+/m0/s1. The predicted molar refractivity (Wildman–Crippen MR) is 119 cm³/mol. The first-order valence-corrected chi connectivity index (χ1v) is 11.2. The van der Waals surface area contributed by atoms with E-state index >= 15 is 0 Å². The lowest BCUT2D eigenvalue weighted by Crippen LogP contribution is -2.74. The summed E-state index contributed by atoms with van der Waals surface area (Å²) in [4.78, 5) is 31.6. The Morgan fingerprint density at radius 2 is 1.80 bits per heavy atom. The molecule has 11 heteroatoms. The van der Waals surface area contributed by atoms with Gasteiger partial charge in [-0.05, 0) is 37.1 Å². The Morgan fingerprint density at radius 1 is 1.17 bits per heavy atom. The summed E-state index contributed by atoms with van der Waals surface area (Å²) in [5.74, 6) is -6.18. The van der Waals surface area contributed by atoms with Crippen molar-refractivity contribution in [2.24, 2.45) is 16.5 Å². The summed E-state index contributed by atoms with van der Waals surface area (Å²) in [6.07, 6.45) is -5.34. The van der Waals surface area contributed by atoms with Gasteiger partial charge in [-0.1, -0.05) is 59.2 Å².